The Kier molecular flexibility index (Phi) is 5.19. The van der Waals surface area contributed by atoms with E-state index in [9.17, 15) is 4.79 Å². The van der Waals surface area contributed by atoms with Crippen LogP contribution in [0.1, 0.15) is 11.0 Å². The molecule has 2 radical (unpaired) electrons. The molecule has 0 spiro atoms. The Morgan fingerprint density at radius 3 is 2.29 bits per heavy atom. The van der Waals surface area contributed by atoms with E-state index in [0.717, 1.165) is 38.2 Å². The fraction of sp³-hybridized carbons (Fsp3) is 0. The van der Waals surface area contributed by atoms with Gasteiger partial charge in [0.1, 0.15) is 19.2 Å². The monoisotopic (exact) mass is 374 g/mol. The highest BCUT2D eigenvalue weighted by Gasteiger charge is 2.14. The zero-order valence-corrected chi connectivity index (χ0v) is 14.7. The molecule has 1 aromatic carbocycles. The minimum atomic E-state index is 0. The molecule has 0 bridgehead atoms. The molecule has 0 aliphatic rings. The van der Waals surface area contributed by atoms with Crippen LogP contribution in [-0.4, -0.2) is 31.5 Å². The third kappa shape index (κ3) is 3.21. The van der Waals surface area contributed by atoms with Crippen molar-refractivity contribution in [1.29, 1.82) is 1.34 Å². The number of benzene rings is 1. The lowest BCUT2D eigenvalue weighted by Crippen LogP contribution is -1.81. The smallest absolute Gasteiger partial charge is 0.160 e. The van der Waals surface area contributed by atoms with Crippen LogP contribution in [0.2, 0.25) is 0 Å². The van der Waals surface area contributed by atoms with E-state index >= 15 is 0 Å². The standard InChI is InChI=1S/C15H8N2OS3.CH2O.BH/c18-8-9-3-6-13(20-9)11-5-4-10(12-2-1-7-19-12)14-15(11)17-21-16-14;1-2;/h1-8H;1H2;1H/i;2*1T. The average Bonchev–Trinajstić information content (AvgIpc) is 3.44. The van der Waals surface area contributed by atoms with E-state index in [0.29, 0.717) is 0 Å². The highest BCUT2D eigenvalue weighted by Crippen LogP contribution is 2.38. The zero-order chi connectivity index (χ0) is 18.9. The normalized spacial score (nSPS) is 10.5. The highest BCUT2D eigenvalue weighted by molar-refractivity contribution is 7.17. The first-order valence-corrected chi connectivity index (χ1v) is 8.87. The molecule has 4 nitrogen and oxygen atoms in total. The van der Waals surface area contributed by atoms with Crippen molar-refractivity contribution in [2.75, 3.05) is 0 Å². The lowest BCUT2D eigenvalue weighted by atomic mass is 10.1. The largest absolute Gasteiger partial charge is 0.307 e. The number of carbonyl (C=O) groups is 2. The van der Waals surface area contributed by atoms with Crippen LogP contribution >= 0.6 is 34.4 Å². The Hall–Kier alpha value is -2.16. The van der Waals surface area contributed by atoms with Crippen LogP contribution in [0.4, 0.5) is 0 Å². The third-order valence-corrected chi connectivity index (χ3v) is 5.69. The van der Waals surface area contributed by atoms with Gasteiger partial charge < -0.3 is 4.79 Å². The SMILES string of the molecule is O=Cc1ccc(-c2ccc(-c3cccs3)c3nsnc23)s1.[3H]C=O.[3H][B]. The molecule has 3 aromatic heterocycles. The summed E-state index contributed by atoms with van der Waals surface area (Å²) in [6, 6.07) is 12.1. The van der Waals surface area contributed by atoms with E-state index in [1.165, 1.54) is 27.9 Å². The van der Waals surface area contributed by atoms with E-state index in [1.54, 1.807) is 11.3 Å². The number of carbonyl (C=O) groups excluding carboxylic acids is 2. The molecule has 0 saturated heterocycles. The van der Waals surface area contributed by atoms with Crippen molar-refractivity contribution in [3.63, 3.8) is 0 Å². The quantitative estimate of drug-likeness (QED) is 0.400. The maximum absolute atomic E-state index is 10.9. The molecule has 4 rings (SSSR count). The first-order chi connectivity index (χ1) is 12.8. The van der Waals surface area contributed by atoms with Crippen molar-refractivity contribution < 1.29 is 11.0 Å². The fourth-order valence-electron chi connectivity index (χ4n) is 2.26. The van der Waals surface area contributed by atoms with E-state index in [2.05, 4.69) is 40.7 Å². The van der Waals surface area contributed by atoms with Crippen LogP contribution in [0.15, 0.2) is 41.8 Å². The van der Waals surface area contributed by atoms with Gasteiger partial charge in [0.25, 0.3) is 0 Å². The van der Waals surface area contributed by atoms with E-state index < -0.39 is 0 Å². The number of nitrogens with zero attached hydrogens (tertiary/aromatic N) is 2. The van der Waals surface area contributed by atoms with Gasteiger partial charge >= 0.3 is 0 Å². The predicted octanol–water partition coefficient (Wildman–Crippen LogP) is 4.13. The zero-order valence-electron chi connectivity index (χ0n) is 14.2. The van der Waals surface area contributed by atoms with E-state index in [4.69, 9.17) is 7.50 Å². The molecular formula is C16H11BN2O2S3. The van der Waals surface area contributed by atoms with Crippen molar-refractivity contribution in [1.82, 2.24) is 8.75 Å². The minimum Gasteiger partial charge on any atom is -0.307 e. The summed E-state index contributed by atoms with van der Waals surface area (Å²) in [6.07, 6.45) is 0.880. The summed E-state index contributed by atoms with van der Waals surface area (Å²) < 4.78 is 19.7. The second-order valence-corrected chi connectivity index (χ2v) is 7.01. The van der Waals surface area contributed by atoms with E-state index in [1.807, 2.05) is 18.2 Å². The van der Waals surface area contributed by atoms with Gasteiger partial charge in [0.15, 0.2) is 6.29 Å². The Bertz CT molecular complexity index is 987. The first kappa shape index (κ1) is 15.4. The fourth-order valence-corrected chi connectivity index (χ4v) is 4.43. The Labute approximate surface area is 155 Å². The number of hydrogen-bond donors (Lipinski definition) is 0. The molecule has 0 N–H and O–H groups in total. The van der Waals surface area contributed by atoms with Gasteiger partial charge in [0, 0.05) is 29.3 Å². The molecule has 0 atom stereocenters. The first-order valence-electron chi connectivity index (χ1n) is 7.60. The molecule has 0 aliphatic carbocycles. The summed E-state index contributed by atoms with van der Waals surface area (Å²) in [7, 11) is 3.75. The maximum Gasteiger partial charge on any atom is 0.160 e. The van der Waals surface area contributed by atoms with Gasteiger partial charge in [-0.1, -0.05) is 18.2 Å². The molecule has 0 saturated carbocycles. The number of thiophene rings is 2. The predicted molar refractivity (Wildman–Crippen MR) is 104 cm³/mol. The summed E-state index contributed by atoms with van der Waals surface area (Å²) in [4.78, 5) is 22.3. The molecule has 0 amide bonds. The van der Waals surface area contributed by atoms with Crippen LogP contribution in [0.5, 0.6) is 0 Å². The van der Waals surface area contributed by atoms with Crippen LogP contribution in [0.3, 0.4) is 0 Å². The maximum atomic E-state index is 10.9. The number of aldehydes is 1. The molecule has 0 unspecified atom stereocenters. The average molecular weight is 374 g/mol. The molecular weight excluding hydrogens is 359 g/mol. The van der Waals surface area contributed by atoms with Crippen LogP contribution < -0.4 is 0 Å². The molecule has 0 aliphatic heterocycles. The van der Waals surface area contributed by atoms with Gasteiger partial charge in [-0.25, -0.2) is 0 Å². The number of hydrogen-bond acceptors (Lipinski definition) is 7. The minimum absolute atomic E-state index is 0. The Morgan fingerprint density at radius 1 is 1.08 bits per heavy atom. The highest BCUT2D eigenvalue weighted by atomic mass is 32.1. The van der Waals surface area contributed by atoms with Gasteiger partial charge in [-0.3, -0.25) is 4.79 Å². The Morgan fingerprint density at radius 2 is 1.75 bits per heavy atom. The molecule has 118 valence electrons. The second-order valence-electron chi connectivity index (χ2n) is 4.42. The van der Waals surface area contributed by atoms with Crippen molar-refractivity contribution >= 4 is 66.9 Å². The van der Waals surface area contributed by atoms with E-state index in [-0.39, 0.29) is 6.77 Å². The Balaban J connectivity index is 0.000000444. The van der Waals surface area contributed by atoms with Crippen LogP contribution in [0, 0.1) is 0 Å². The topological polar surface area (TPSA) is 59.9 Å². The number of rotatable bonds is 3. The van der Waals surface area contributed by atoms with Crippen molar-refractivity contribution in [3.05, 3.63) is 46.7 Å². The third-order valence-electron chi connectivity index (χ3n) is 3.21. The summed E-state index contributed by atoms with van der Waals surface area (Å²) in [5, 5.41) is 2.06. The molecule has 8 heteroatoms. The lowest BCUT2D eigenvalue weighted by Gasteiger charge is -2.03. The molecule has 3 heterocycles. The van der Waals surface area contributed by atoms with Gasteiger partial charge in [0.05, 0.1) is 16.6 Å². The number of aromatic nitrogens is 2. The molecule has 0 fully saturated rings. The molecule has 24 heavy (non-hydrogen) atoms. The van der Waals surface area contributed by atoms with Crippen molar-refractivity contribution in [2.24, 2.45) is 0 Å². The lowest BCUT2D eigenvalue weighted by molar-refractivity contribution is -0.0979. The van der Waals surface area contributed by atoms with Gasteiger partial charge in [-0.2, -0.15) is 8.75 Å². The van der Waals surface area contributed by atoms with Crippen molar-refractivity contribution in [3.8, 4) is 20.9 Å². The van der Waals surface area contributed by atoms with Gasteiger partial charge in [-0.05, 0) is 24.9 Å². The summed E-state index contributed by atoms with van der Waals surface area (Å²) in [5.41, 5.74) is 3.99. The van der Waals surface area contributed by atoms with Crippen molar-refractivity contribution in [2.45, 2.75) is 0 Å². The number of fused-ring (bicyclic) bond motifs is 1. The van der Waals surface area contributed by atoms with Gasteiger partial charge in [-0.15, -0.1) is 22.7 Å². The van der Waals surface area contributed by atoms with Gasteiger partial charge in [0.2, 0.25) is 0 Å². The summed E-state index contributed by atoms with van der Waals surface area (Å²) in [5.74, 6) is 0. The second kappa shape index (κ2) is 8.10. The van der Waals surface area contributed by atoms with Crippen LogP contribution in [0.25, 0.3) is 31.9 Å². The summed E-state index contributed by atoms with van der Waals surface area (Å²) >= 11 is 4.40. The summed E-state index contributed by atoms with van der Waals surface area (Å²) in [6.45, 7) is 0. The van der Waals surface area contributed by atoms with Crippen LogP contribution in [-0.2, 0) is 4.79 Å². The molecule has 4 aromatic rings.